The molecule has 8 heteroatoms. The molecule has 0 radical (unpaired) electrons. The third-order valence-electron chi connectivity index (χ3n) is 5.54. The Morgan fingerprint density at radius 3 is 2.86 bits per heavy atom. The van der Waals surface area contributed by atoms with Gasteiger partial charge < -0.3 is 19.2 Å². The number of nitrogens with one attached hydrogen (secondary N) is 1. The minimum Gasteiger partial charge on any atom is -0.497 e. The van der Waals surface area contributed by atoms with Gasteiger partial charge in [0.05, 0.1) is 20.5 Å². The van der Waals surface area contributed by atoms with Gasteiger partial charge in [0, 0.05) is 35.2 Å². The van der Waals surface area contributed by atoms with Crippen molar-refractivity contribution in [2.75, 3.05) is 19.5 Å². The van der Waals surface area contributed by atoms with E-state index in [1.165, 1.54) is 6.33 Å². The summed E-state index contributed by atoms with van der Waals surface area (Å²) in [5.74, 6) is 2.78. The van der Waals surface area contributed by atoms with Crippen LogP contribution in [-0.2, 0) is 4.79 Å². The van der Waals surface area contributed by atoms with Crippen molar-refractivity contribution in [3.8, 4) is 11.5 Å². The summed E-state index contributed by atoms with van der Waals surface area (Å²) >= 11 is 0. The van der Waals surface area contributed by atoms with Crippen molar-refractivity contribution >= 4 is 11.7 Å². The molecular weight excluding hydrogens is 372 g/mol. The number of nitrogens with zero attached hydrogens (tertiary/aromatic N) is 3. The summed E-state index contributed by atoms with van der Waals surface area (Å²) in [5.41, 5.74) is 2.37. The number of ether oxygens (including phenoxy) is 2. The lowest BCUT2D eigenvalue weighted by molar-refractivity contribution is -0.117. The molecule has 2 aromatic heterocycles. The maximum atomic E-state index is 13.3. The first-order chi connectivity index (χ1) is 14.2. The second-order valence-corrected chi connectivity index (χ2v) is 7.10. The maximum absolute atomic E-state index is 13.3. The standard InChI is InChI=1S/C21H20N4O4/c1-27-13-5-6-14(18(10-13)28-2)20-19-15(24-21-22-11-23-25(20)21)8-12(9-16(19)26)17-4-3-7-29-17/h3-7,10-12,20H,8-9H2,1-2H3,(H,22,23,24)/t12-,20-/m1/s1. The highest BCUT2D eigenvalue weighted by molar-refractivity contribution is 6.00. The zero-order chi connectivity index (χ0) is 20.0. The van der Waals surface area contributed by atoms with Crippen LogP contribution >= 0.6 is 0 Å². The van der Waals surface area contributed by atoms with Gasteiger partial charge in [-0.2, -0.15) is 10.1 Å². The first-order valence-electron chi connectivity index (χ1n) is 9.37. The van der Waals surface area contributed by atoms with Crippen LogP contribution in [0.5, 0.6) is 11.5 Å². The van der Waals surface area contributed by atoms with Crippen molar-refractivity contribution in [2.45, 2.75) is 24.8 Å². The van der Waals surface area contributed by atoms with Crippen LogP contribution in [0.15, 0.2) is 58.6 Å². The number of allylic oxidation sites excluding steroid dienone is 2. The van der Waals surface area contributed by atoms with E-state index in [-0.39, 0.29) is 11.7 Å². The molecule has 3 heterocycles. The van der Waals surface area contributed by atoms with Crippen LogP contribution in [0.1, 0.15) is 36.1 Å². The number of carbonyl (C=O) groups is 1. The summed E-state index contributed by atoms with van der Waals surface area (Å²) in [6.07, 6.45) is 4.17. The molecule has 0 bridgehead atoms. The van der Waals surface area contributed by atoms with Crippen LogP contribution in [-0.4, -0.2) is 34.8 Å². The Bertz CT molecular complexity index is 1100. The fourth-order valence-corrected chi connectivity index (χ4v) is 4.21. The van der Waals surface area contributed by atoms with Crippen LogP contribution in [0.4, 0.5) is 5.95 Å². The van der Waals surface area contributed by atoms with E-state index >= 15 is 0 Å². The van der Waals surface area contributed by atoms with E-state index in [1.807, 2.05) is 30.3 Å². The van der Waals surface area contributed by atoms with Crippen LogP contribution in [0.2, 0.25) is 0 Å². The number of rotatable bonds is 4. The van der Waals surface area contributed by atoms with Gasteiger partial charge in [-0.25, -0.2) is 4.68 Å². The Labute approximate surface area is 167 Å². The van der Waals surface area contributed by atoms with E-state index in [9.17, 15) is 4.79 Å². The number of ketones is 1. The van der Waals surface area contributed by atoms with Crippen molar-refractivity contribution in [1.82, 2.24) is 14.8 Å². The van der Waals surface area contributed by atoms with Gasteiger partial charge in [0.1, 0.15) is 29.6 Å². The number of fused-ring (bicyclic) bond motifs is 1. The molecule has 1 N–H and O–H groups in total. The highest BCUT2D eigenvalue weighted by atomic mass is 16.5. The summed E-state index contributed by atoms with van der Waals surface area (Å²) in [7, 11) is 3.21. The lowest BCUT2D eigenvalue weighted by Crippen LogP contribution is -2.33. The number of benzene rings is 1. The highest BCUT2D eigenvalue weighted by Gasteiger charge is 2.40. The molecule has 0 unspecified atom stereocenters. The third-order valence-corrected chi connectivity index (χ3v) is 5.54. The molecule has 0 saturated heterocycles. The zero-order valence-electron chi connectivity index (χ0n) is 16.1. The van der Waals surface area contributed by atoms with Crippen molar-refractivity contribution < 1.29 is 18.7 Å². The maximum Gasteiger partial charge on any atom is 0.226 e. The molecule has 2 aliphatic rings. The fraction of sp³-hybridized carbons (Fsp3) is 0.286. The minimum absolute atomic E-state index is 0.00312. The van der Waals surface area contributed by atoms with E-state index in [1.54, 1.807) is 25.2 Å². The van der Waals surface area contributed by atoms with Gasteiger partial charge in [-0.3, -0.25) is 4.79 Å². The number of methoxy groups -OCH3 is 2. The quantitative estimate of drug-likeness (QED) is 0.728. The number of aromatic nitrogens is 3. The lowest BCUT2D eigenvalue weighted by Gasteiger charge is -2.35. The number of carbonyl (C=O) groups excluding carboxylic acids is 1. The molecule has 148 valence electrons. The number of hydrogen-bond acceptors (Lipinski definition) is 7. The second kappa shape index (κ2) is 6.80. The highest BCUT2D eigenvalue weighted by Crippen LogP contribution is 2.46. The predicted molar refractivity (Wildman–Crippen MR) is 104 cm³/mol. The molecule has 3 aromatic rings. The molecule has 8 nitrogen and oxygen atoms in total. The molecule has 1 aromatic carbocycles. The summed E-state index contributed by atoms with van der Waals surface area (Å²) in [6, 6.07) is 8.92. The second-order valence-electron chi connectivity index (χ2n) is 7.10. The van der Waals surface area contributed by atoms with Crippen LogP contribution in [0.25, 0.3) is 0 Å². The van der Waals surface area contributed by atoms with Crippen molar-refractivity contribution in [3.63, 3.8) is 0 Å². The van der Waals surface area contributed by atoms with Crippen LogP contribution < -0.4 is 14.8 Å². The third kappa shape index (κ3) is 2.79. The Morgan fingerprint density at radius 1 is 1.21 bits per heavy atom. The van der Waals surface area contributed by atoms with E-state index in [2.05, 4.69) is 15.4 Å². The molecule has 1 aliphatic carbocycles. The van der Waals surface area contributed by atoms with E-state index in [0.29, 0.717) is 35.9 Å². The molecule has 0 saturated carbocycles. The topological polar surface area (TPSA) is 91.4 Å². The Kier molecular flexibility index (Phi) is 4.12. The van der Waals surface area contributed by atoms with Crippen molar-refractivity contribution in [3.05, 3.63) is 65.5 Å². The molecule has 29 heavy (non-hydrogen) atoms. The van der Waals surface area contributed by atoms with Gasteiger partial charge in [-0.05, 0) is 30.7 Å². The lowest BCUT2D eigenvalue weighted by atomic mass is 9.79. The van der Waals surface area contributed by atoms with Gasteiger partial charge in [0.25, 0.3) is 0 Å². The summed E-state index contributed by atoms with van der Waals surface area (Å²) in [5, 5.41) is 7.68. The molecule has 0 fully saturated rings. The molecule has 0 spiro atoms. The predicted octanol–water partition coefficient (Wildman–Crippen LogP) is 3.30. The fourth-order valence-electron chi connectivity index (χ4n) is 4.21. The Hall–Kier alpha value is -3.55. The first kappa shape index (κ1) is 17.5. The van der Waals surface area contributed by atoms with Crippen molar-refractivity contribution in [1.29, 1.82) is 0 Å². The Morgan fingerprint density at radius 2 is 2.10 bits per heavy atom. The van der Waals surface area contributed by atoms with Gasteiger partial charge >= 0.3 is 0 Å². The zero-order valence-corrected chi connectivity index (χ0v) is 16.1. The SMILES string of the molecule is COc1ccc([C@@H]2C3=C(C[C@@H](c4ccco4)CC3=O)Nc3ncnn32)c(OC)c1. The molecule has 2 atom stereocenters. The average Bonchev–Trinajstić information content (AvgIpc) is 3.43. The van der Waals surface area contributed by atoms with Crippen LogP contribution in [0, 0.1) is 0 Å². The summed E-state index contributed by atoms with van der Waals surface area (Å²) in [6.45, 7) is 0. The first-order valence-corrected chi connectivity index (χ1v) is 9.37. The minimum atomic E-state index is -0.422. The smallest absolute Gasteiger partial charge is 0.226 e. The summed E-state index contributed by atoms with van der Waals surface area (Å²) < 4.78 is 18.2. The van der Waals surface area contributed by atoms with E-state index in [4.69, 9.17) is 13.9 Å². The molecule has 1 aliphatic heterocycles. The largest absolute Gasteiger partial charge is 0.497 e. The number of anilines is 1. The van der Waals surface area contributed by atoms with E-state index < -0.39 is 6.04 Å². The van der Waals surface area contributed by atoms with Crippen molar-refractivity contribution in [2.24, 2.45) is 0 Å². The van der Waals surface area contributed by atoms with Gasteiger partial charge in [-0.1, -0.05) is 0 Å². The molecular formula is C21H20N4O4. The van der Waals surface area contributed by atoms with E-state index in [0.717, 1.165) is 17.0 Å². The van der Waals surface area contributed by atoms with Gasteiger partial charge in [0.2, 0.25) is 5.95 Å². The van der Waals surface area contributed by atoms with Gasteiger partial charge in [-0.15, -0.1) is 0 Å². The normalized spacial score (nSPS) is 20.7. The Balaban J connectivity index is 1.64. The van der Waals surface area contributed by atoms with Crippen LogP contribution in [0.3, 0.4) is 0 Å². The average molecular weight is 392 g/mol. The number of furan rings is 1. The summed E-state index contributed by atoms with van der Waals surface area (Å²) in [4.78, 5) is 17.6. The molecule has 0 amide bonds. The molecule has 5 rings (SSSR count). The number of hydrogen-bond donors (Lipinski definition) is 1. The monoisotopic (exact) mass is 392 g/mol. The van der Waals surface area contributed by atoms with Gasteiger partial charge in [0.15, 0.2) is 5.78 Å². The number of Topliss-reactive ketones (excluding diaryl/α,β-unsaturated/α-hetero) is 1.